The summed E-state index contributed by atoms with van der Waals surface area (Å²) in [5.41, 5.74) is 1.67. The number of nitro benzene ring substituents is 1. The highest BCUT2D eigenvalue weighted by molar-refractivity contribution is 6.01. The monoisotopic (exact) mass is 331 g/mol. The number of nitro groups is 1. The average Bonchev–Trinajstić information content (AvgIpc) is 2.53. The molecule has 0 spiro atoms. The lowest BCUT2D eigenvalue weighted by molar-refractivity contribution is -0.384. The molecule has 2 rings (SSSR count). The van der Waals surface area contributed by atoms with E-state index in [1.54, 1.807) is 13.8 Å². The second-order valence-corrected chi connectivity index (χ2v) is 5.37. The summed E-state index contributed by atoms with van der Waals surface area (Å²) in [6, 6.07) is 5.53. The summed E-state index contributed by atoms with van der Waals surface area (Å²) in [5, 5.41) is 25.8. The van der Waals surface area contributed by atoms with Gasteiger partial charge in [-0.15, -0.1) is 0 Å². The fraction of sp³-hybridized carbons (Fsp3) is 0.250. The number of benzene rings is 1. The van der Waals surface area contributed by atoms with Gasteiger partial charge in [-0.3, -0.25) is 14.9 Å². The number of amides is 1. The number of carbonyl (C=O) groups excluding carboxylic acids is 1. The van der Waals surface area contributed by atoms with E-state index in [-0.39, 0.29) is 16.8 Å². The Balaban J connectivity index is 2.64. The van der Waals surface area contributed by atoms with Gasteiger partial charge in [0.25, 0.3) is 5.69 Å². The van der Waals surface area contributed by atoms with Crippen molar-refractivity contribution in [2.24, 2.45) is 0 Å². The molecule has 0 aliphatic carbocycles. The minimum atomic E-state index is -1.16. The quantitative estimate of drug-likeness (QED) is 0.570. The lowest BCUT2D eigenvalue weighted by atomic mass is 9.80. The molecule has 0 aromatic heterocycles. The average molecular weight is 331 g/mol. The maximum atomic E-state index is 12.3. The van der Waals surface area contributed by atoms with Crippen molar-refractivity contribution in [3.8, 4) is 0 Å². The van der Waals surface area contributed by atoms with Crippen LogP contribution in [-0.2, 0) is 9.59 Å². The molecule has 1 aromatic rings. The highest BCUT2D eigenvalue weighted by Gasteiger charge is 2.36. The van der Waals surface area contributed by atoms with Crippen molar-refractivity contribution in [1.29, 1.82) is 0 Å². The molecular weight excluding hydrogens is 314 g/mol. The maximum Gasteiger partial charge on any atom is 0.334 e. The van der Waals surface area contributed by atoms with Crippen molar-refractivity contribution in [3.05, 3.63) is 62.5 Å². The van der Waals surface area contributed by atoms with Crippen molar-refractivity contribution in [3.63, 3.8) is 0 Å². The molecule has 1 heterocycles. The molecule has 1 aromatic carbocycles. The van der Waals surface area contributed by atoms with Crippen molar-refractivity contribution < 1.29 is 19.6 Å². The van der Waals surface area contributed by atoms with Crippen molar-refractivity contribution in [1.82, 2.24) is 10.6 Å². The molecule has 24 heavy (non-hydrogen) atoms. The summed E-state index contributed by atoms with van der Waals surface area (Å²) in [4.78, 5) is 34.3. The molecule has 3 N–H and O–H groups in total. The number of carboxylic acids is 1. The normalized spacial score (nSPS) is 17.4. The highest BCUT2D eigenvalue weighted by atomic mass is 16.6. The van der Waals surface area contributed by atoms with E-state index in [9.17, 15) is 24.8 Å². The molecule has 0 radical (unpaired) electrons. The lowest BCUT2D eigenvalue weighted by Gasteiger charge is -2.29. The van der Waals surface area contributed by atoms with E-state index >= 15 is 0 Å². The SMILES string of the molecule is CNC(=O)C1=C(C)NC(C)=C(C(=O)O)[C@@H]1c1ccc([N+](=O)[O-])cc1. The minimum absolute atomic E-state index is 0.0352. The van der Waals surface area contributed by atoms with Gasteiger partial charge in [0.05, 0.1) is 16.4 Å². The molecule has 0 fully saturated rings. The van der Waals surface area contributed by atoms with E-state index in [0.717, 1.165) is 0 Å². The number of allylic oxidation sites excluding steroid dienone is 2. The topological polar surface area (TPSA) is 122 Å². The van der Waals surface area contributed by atoms with Gasteiger partial charge in [-0.25, -0.2) is 4.79 Å². The zero-order valence-electron chi connectivity index (χ0n) is 13.4. The van der Waals surface area contributed by atoms with Gasteiger partial charge in [0.2, 0.25) is 5.91 Å². The third kappa shape index (κ3) is 2.98. The van der Waals surface area contributed by atoms with Crippen LogP contribution in [-0.4, -0.2) is 29.0 Å². The number of hydrogen-bond donors (Lipinski definition) is 3. The lowest BCUT2D eigenvalue weighted by Crippen LogP contribution is -2.34. The van der Waals surface area contributed by atoms with Crippen LogP contribution in [0.1, 0.15) is 25.3 Å². The predicted molar refractivity (Wildman–Crippen MR) is 86.1 cm³/mol. The summed E-state index contributed by atoms with van der Waals surface area (Å²) in [7, 11) is 1.46. The molecular formula is C16H17N3O5. The van der Waals surface area contributed by atoms with Gasteiger partial charge in [0.1, 0.15) is 0 Å². The first-order chi connectivity index (χ1) is 11.3. The van der Waals surface area contributed by atoms with Gasteiger partial charge >= 0.3 is 5.97 Å². The van der Waals surface area contributed by atoms with Crippen LogP contribution in [0.5, 0.6) is 0 Å². The smallest absolute Gasteiger partial charge is 0.334 e. The first-order valence-corrected chi connectivity index (χ1v) is 7.16. The van der Waals surface area contributed by atoms with Gasteiger partial charge in [0, 0.05) is 36.1 Å². The van der Waals surface area contributed by atoms with E-state index in [2.05, 4.69) is 10.6 Å². The molecule has 0 saturated carbocycles. The Hall–Kier alpha value is -3.16. The van der Waals surface area contributed by atoms with Gasteiger partial charge in [0.15, 0.2) is 0 Å². The Morgan fingerprint density at radius 2 is 1.71 bits per heavy atom. The first-order valence-electron chi connectivity index (χ1n) is 7.16. The molecule has 1 amide bonds. The summed E-state index contributed by atoms with van der Waals surface area (Å²) in [5.74, 6) is -2.38. The van der Waals surface area contributed by atoms with Crippen molar-refractivity contribution in [2.75, 3.05) is 7.05 Å². The third-order valence-electron chi connectivity index (χ3n) is 3.90. The number of non-ortho nitro benzene ring substituents is 1. The fourth-order valence-corrected chi connectivity index (χ4v) is 2.84. The van der Waals surface area contributed by atoms with Crippen LogP contribution in [0.25, 0.3) is 0 Å². The van der Waals surface area contributed by atoms with Crippen LogP contribution in [0, 0.1) is 10.1 Å². The Kier molecular flexibility index (Phi) is 4.68. The molecule has 8 nitrogen and oxygen atoms in total. The van der Waals surface area contributed by atoms with E-state index < -0.39 is 22.7 Å². The van der Waals surface area contributed by atoms with Gasteiger partial charge in [-0.05, 0) is 19.4 Å². The second-order valence-electron chi connectivity index (χ2n) is 5.37. The molecule has 126 valence electrons. The van der Waals surface area contributed by atoms with Crippen LogP contribution >= 0.6 is 0 Å². The standard InChI is InChI=1S/C16H17N3O5/c1-8-12(15(20)17-3)14(13(16(21)22)9(2)18-8)10-4-6-11(7-5-10)19(23)24/h4-7,14,18H,1-3H3,(H,17,20)(H,21,22)/t14-/m1/s1. The second kappa shape index (κ2) is 6.53. The zero-order chi connectivity index (χ0) is 18.0. The number of hydrogen-bond acceptors (Lipinski definition) is 5. The summed E-state index contributed by atoms with van der Waals surface area (Å²) in [6.45, 7) is 3.30. The zero-order valence-corrected chi connectivity index (χ0v) is 13.4. The Morgan fingerprint density at radius 3 is 2.17 bits per heavy atom. The van der Waals surface area contributed by atoms with E-state index in [1.807, 2.05) is 0 Å². The first kappa shape index (κ1) is 17.2. The number of rotatable bonds is 4. The number of carbonyl (C=O) groups is 2. The summed E-state index contributed by atoms with van der Waals surface area (Å²) in [6.07, 6.45) is 0. The molecule has 0 unspecified atom stereocenters. The maximum absolute atomic E-state index is 12.3. The summed E-state index contributed by atoms with van der Waals surface area (Å²) < 4.78 is 0. The Bertz CT molecular complexity index is 777. The Morgan fingerprint density at radius 1 is 1.17 bits per heavy atom. The predicted octanol–water partition coefficient (Wildman–Crippen LogP) is 1.66. The summed E-state index contributed by atoms with van der Waals surface area (Å²) >= 11 is 0. The number of aliphatic carboxylic acids is 1. The molecule has 1 aliphatic heterocycles. The molecule has 0 saturated heterocycles. The number of dihydropyridines is 1. The largest absolute Gasteiger partial charge is 0.478 e. The van der Waals surface area contributed by atoms with Gasteiger partial charge < -0.3 is 15.7 Å². The molecule has 1 aliphatic rings. The molecule has 1 atom stereocenters. The van der Waals surface area contributed by atoms with Crippen molar-refractivity contribution >= 4 is 17.6 Å². The number of nitrogens with one attached hydrogen (secondary N) is 2. The molecule has 8 heteroatoms. The van der Waals surface area contributed by atoms with Crippen LogP contribution < -0.4 is 10.6 Å². The number of carboxylic acid groups (broad SMARTS) is 1. The van der Waals surface area contributed by atoms with Crippen LogP contribution in [0.4, 0.5) is 5.69 Å². The minimum Gasteiger partial charge on any atom is -0.478 e. The van der Waals surface area contributed by atoms with Crippen LogP contribution in [0.3, 0.4) is 0 Å². The van der Waals surface area contributed by atoms with Gasteiger partial charge in [-0.1, -0.05) is 12.1 Å². The number of nitrogens with zero attached hydrogens (tertiary/aromatic N) is 1. The van der Waals surface area contributed by atoms with E-state index in [1.165, 1.54) is 31.3 Å². The third-order valence-corrected chi connectivity index (χ3v) is 3.90. The van der Waals surface area contributed by atoms with Gasteiger partial charge in [-0.2, -0.15) is 0 Å². The fourth-order valence-electron chi connectivity index (χ4n) is 2.84. The van der Waals surface area contributed by atoms with Crippen molar-refractivity contribution in [2.45, 2.75) is 19.8 Å². The molecule has 0 bridgehead atoms. The van der Waals surface area contributed by atoms with E-state index in [0.29, 0.717) is 17.0 Å². The van der Waals surface area contributed by atoms with Crippen LogP contribution in [0.2, 0.25) is 0 Å². The van der Waals surface area contributed by atoms with Crippen LogP contribution in [0.15, 0.2) is 46.8 Å². The Labute approximate surface area is 138 Å². The highest BCUT2D eigenvalue weighted by Crippen LogP contribution is 2.38. The number of likely N-dealkylation sites (N-methyl/N-ethyl adjacent to an activating group) is 1. The van der Waals surface area contributed by atoms with E-state index in [4.69, 9.17) is 0 Å².